The molecule has 5 nitrogen and oxygen atoms in total. The lowest BCUT2D eigenvalue weighted by atomic mass is 9.98. The Morgan fingerprint density at radius 2 is 1.80 bits per heavy atom. The Balaban J connectivity index is 1.99. The minimum Gasteiger partial charge on any atom is -0.317 e. The highest BCUT2D eigenvalue weighted by atomic mass is 32.2. The molecule has 1 aliphatic heterocycles. The van der Waals surface area contributed by atoms with E-state index in [1.807, 2.05) is 0 Å². The summed E-state index contributed by atoms with van der Waals surface area (Å²) in [6, 6.07) is 0.263. The largest absolute Gasteiger partial charge is 0.317 e. The molecule has 1 saturated carbocycles. The zero-order chi connectivity index (χ0) is 14.6. The Hall–Kier alpha value is -0.170. The molecule has 2 rings (SSSR count). The van der Waals surface area contributed by atoms with Gasteiger partial charge in [0.1, 0.15) is 0 Å². The lowest BCUT2D eigenvalue weighted by molar-refractivity contribution is 0.268. The smallest absolute Gasteiger partial charge is 0.281 e. The molecule has 0 spiro atoms. The van der Waals surface area contributed by atoms with E-state index in [9.17, 15) is 8.42 Å². The van der Waals surface area contributed by atoms with Crippen LogP contribution in [-0.2, 0) is 10.2 Å². The summed E-state index contributed by atoms with van der Waals surface area (Å²) in [6.45, 7) is 5.48. The molecule has 0 aromatic heterocycles. The van der Waals surface area contributed by atoms with E-state index in [0.29, 0.717) is 19.0 Å². The zero-order valence-electron chi connectivity index (χ0n) is 12.8. The molecule has 0 radical (unpaired) electrons. The second-order valence-electron chi connectivity index (χ2n) is 6.18. The lowest BCUT2D eigenvalue weighted by Gasteiger charge is -2.32. The SMILES string of the molecule is CCCCN(C)S(=O)(=O)N(CC1CCNCC1)C1CC1. The van der Waals surface area contributed by atoms with E-state index in [4.69, 9.17) is 0 Å². The van der Waals surface area contributed by atoms with Crippen LogP contribution in [0.3, 0.4) is 0 Å². The van der Waals surface area contributed by atoms with Gasteiger partial charge in [-0.25, -0.2) is 0 Å². The van der Waals surface area contributed by atoms with E-state index in [0.717, 1.165) is 51.6 Å². The molecule has 0 aromatic rings. The zero-order valence-corrected chi connectivity index (χ0v) is 13.7. The van der Waals surface area contributed by atoms with Crippen molar-refractivity contribution in [1.29, 1.82) is 0 Å². The Kier molecular flexibility index (Phi) is 5.84. The van der Waals surface area contributed by atoms with Crippen LogP contribution < -0.4 is 5.32 Å². The first-order chi connectivity index (χ1) is 9.55. The predicted molar refractivity (Wildman–Crippen MR) is 81.8 cm³/mol. The van der Waals surface area contributed by atoms with E-state index in [1.54, 1.807) is 15.7 Å². The fourth-order valence-electron chi connectivity index (χ4n) is 2.79. The Morgan fingerprint density at radius 3 is 2.35 bits per heavy atom. The van der Waals surface area contributed by atoms with Crippen LogP contribution in [0.4, 0.5) is 0 Å². The molecule has 0 unspecified atom stereocenters. The Morgan fingerprint density at radius 1 is 1.15 bits per heavy atom. The molecule has 0 aromatic carbocycles. The highest BCUT2D eigenvalue weighted by Gasteiger charge is 2.40. The fraction of sp³-hybridized carbons (Fsp3) is 1.00. The van der Waals surface area contributed by atoms with Gasteiger partial charge >= 0.3 is 0 Å². The van der Waals surface area contributed by atoms with Gasteiger partial charge in [-0.1, -0.05) is 13.3 Å². The van der Waals surface area contributed by atoms with Crippen molar-refractivity contribution in [3.05, 3.63) is 0 Å². The van der Waals surface area contributed by atoms with Crippen LogP contribution >= 0.6 is 0 Å². The van der Waals surface area contributed by atoms with Crippen molar-refractivity contribution in [2.24, 2.45) is 5.92 Å². The average Bonchev–Trinajstić information content (AvgIpc) is 3.27. The molecule has 0 bridgehead atoms. The van der Waals surface area contributed by atoms with E-state index < -0.39 is 10.2 Å². The molecule has 6 heteroatoms. The van der Waals surface area contributed by atoms with Gasteiger partial charge in [-0.15, -0.1) is 0 Å². The molecule has 1 aliphatic carbocycles. The number of hydrogen-bond donors (Lipinski definition) is 1. The average molecular weight is 303 g/mol. The highest BCUT2D eigenvalue weighted by molar-refractivity contribution is 7.86. The molecule has 1 saturated heterocycles. The van der Waals surface area contributed by atoms with E-state index in [1.165, 1.54) is 0 Å². The third kappa shape index (κ3) is 4.16. The van der Waals surface area contributed by atoms with Crippen molar-refractivity contribution in [2.45, 2.75) is 51.5 Å². The second-order valence-corrected chi connectivity index (χ2v) is 8.17. The monoisotopic (exact) mass is 303 g/mol. The molecule has 2 aliphatic rings. The second kappa shape index (κ2) is 7.20. The molecule has 1 heterocycles. The van der Waals surface area contributed by atoms with Gasteiger partial charge < -0.3 is 5.32 Å². The van der Waals surface area contributed by atoms with Gasteiger partial charge in [0.15, 0.2) is 0 Å². The van der Waals surface area contributed by atoms with Crippen molar-refractivity contribution < 1.29 is 8.42 Å². The van der Waals surface area contributed by atoms with Gasteiger partial charge in [-0.05, 0) is 51.1 Å². The highest BCUT2D eigenvalue weighted by Crippen LogP contribution is 2.32. The first-order valence-electron chi connectivity index (χ1n) is 7.99. The summed E-state index contributed by atoms with van der Waals surface area (Å²) in [6.07, 6.45) is 6.21. The third-order valence-corrected chi connectivity index (χ3v) is 6.38. The van der Waals surface area contributed by atoms with Crippen LogP contribution in [-0.4, -0.2) is 56.3 Å². The first kappa shape index (κ1) is 16.2. The maximum atomic E-state index is 12.7. The molecule has 118 valence electrons. The van der Waals surface area contributed by atoms with Crippen molar-refractivity contribution in [3.8, 4) is 0 Å². The minimum atomic E-state index is -3.26. The van der Waals surface area contributed by atoms with Gasteiger partial charge in [0.25, 0.3) is 10.2 Å². The lowest BCUT2D eigenvalue weighted by Crippen LogP contribution is -2.46. The standard InChI is InChI=1S/C14H29N3O2S/c1-3-4-11-16(2)20(18,19)17(14-5-6-14)12-13-7-9-15-10-8-13/h13-15H,3-12H2,1-2H3. The maximum Gasteiger partial charge on any atom is 0.281 e. The quantitative estimate of drug-likeness (QED) is 0.738. The fourth-order valence-corrected chi connectivity index (χ4v) is 4.49. The van der Waals surface area contributed by atoms with Crippen molar-refractivity contribution in [2.75, 3.05) is 33.2 Å². The van der Waals surface area contributed by atoms with Gasteiger partial charge in [0.2, 0.25) is 0 Å². The van der Waals surface area contributed by atoms with Crippen LogP contribution in [0, 0.1) is 5.92 Å². The van der Waals surface area contributed by atoms with Crippen LogP contribution in [0.15, 0.2) is 0 Å². The minimum absolute atomic E-state index is 0.263. The molecular weight excluding hydrogens is 274 g/mol. The number of hydrogen-bond acceptors (Lipinski definition) is 3. The maximum absolute atomic E-state index is 12.7. The summed E-state index contributed by atoms with van der Waals surface area (Å²) in [4.78, 5) is 0. The molecular formula is C14H29N3O2S. The van der Waals surface area contributed by atoms with E-state index >= 15 is 0 Å². The summed E-state index contributed by atoms with van der Waals surface area (Å²) < 4.78 is 28.8. The van der Waals surface area contributed by atoms with Crippen LogP contribution in [0.2, 0.25) is 0 Å². The van der Waals surface area contributed by atoms with Crippen LogP contribution in [0.1, 0.15) is 45.4 Å². The summed E-state index contributed by atoms with van der Waals surface area (Å²) >= 11 is 0. The van der Waals surface area contributed by atoms with Crippen molar-refractivity contribution in [1.82, 2.24) is 13.9 Å². The van der Waals surface area contributed by atoms with Crippen molar-refractivity contribution >= 4 is 10.2 Å². The Labute approximate surface area is 123 Å². The Bertz CT molecular complexity index is 389. The topological polar surface area (TPSA) is 52.7 Å². The van der Waals surface area contributed by atoms with Gasteiger partial charge in [0.05, 0.1) is 0 Å². The molecule has 0 atom stereocenters. The number of nitrogens with zero attached hydrogens (tertiary/aromatic N) is 2. The van der Waals surface area contributed by atoms with Crippen molar-refractivity contribution in [3.63, 3.8) is 0 Å². The van der Waals surface area contributed by atoms with Gasteiger partial charge in [0, 0.05) is 26.2 Å². The number of nitrogens with one attached hydrogen (secondary N) is 1. The molecule has 1 N–H and O–H groups in total. The number of rotatable bonds is 8. The molecule has 0 amide bonds. The van der Waals surface area contributed by atoms with E-state index in [-0.39, 0.29) is 6.04 Å². The summed E-state index contributed by atoms with van der Waals surface area (Å²) in [5.74, 6) is 0.520. The van der Waals surface area contributed by atoms with E-state index in [2.05, 4.69) is 12.2 Å². The molecule has 20 heavy (non-hydrogen) atoms. The first-order valence-corrected chi connectivity index (χ1v) is 9.39. The number of unbranched alkanes of at least 4 members (excludes halogenated alkanes) is 1. The normalized spacial score (nSPS) is 21.8. The van der Waals surface area contributed by atoms with Crippen LogP contribution in [0.5, 0.6) is 0 Å². The van der Waals surface area contributed by atoms with Gasteiger partial charge in [-0.2, -0.15) is 17.0 Å². The molecule has 2 fully saturated rings. The van der Waals surface area contributed by atoms with Crippen LogP contribution in [0.25, 0.3) is 0 Å². The number of piperidine rings is 1. The summed E-state index contributed by atoms with van der Waals surface area (Å²) in [7, 11) is -1.54. The van der Waals surface area contributed by atoms with Gasteiger partial charge in [-0.3, -0.25) is 0 Å². The predicted octanol–water partition coefficient (Wildman–Crippen LogP) is 1.43. The third-order valence-electron chi connectivity index (χ3n) is 4.37. The summed E-state index contributed by atoms with van der Waals surface area (Å²) in [5.41, 5.74) is 0. The summed E-state index contributed by atoms with van der Waals surface area (Å²) in [5, 5.41) is 3.34.